The van der Waals surface area contributed by atoms with Gasteiger partial charge in [-0.1, -0.05) is 18.2 Å². The van der Waals surface area contributed by atoms with Gasteiger partial charge in [0.15, 0.2) is 5.78 Å². The third kappa shape index (κ3) is 5.97. The molecule has 3 aromatic carbocycles. The zero-order valence-electron chi connectivity index (χ0n) is 25.1. The first kappa shape index (κ1) is 31.0. The van der Waals surface area contributed by atoms with Crippen molar-refractivity contribution in [2.24, 2.45) is 0 Å². The summed E-state index contributed by atoms with van der Waals surface area (Å²) < 4.78 is 50.4. The fourth-order valence-electron chi connectivity index (χ4n) is 6.18. The van der Waals surface area contributed by atoms with Crippen molar-refractivity contribution >= 4 is 28.3 Å². The Bertz CT molecular complexity index is 1890. The number of ether oxygens (including phenoxy) is 1. The first-order valence-electron chi connectivity index (χ1n) is 14.9. The number of alkyl halides is 2. The second-order valence-corrected chi connectivity index (χ2v) is 11.3. The fraction of sp³-hybridized carbons (Fsp3) is 0.257. The van der Waals surface area contributed by atoms with Crippen LogP contribution in [0.1, 0.15) is 52.7 Å². The molecule has 0 atom stereocenters. The number of rotatable bonds is 11. The lowest BCUT2D eigenvalue weighted by atomic mass is 9.63. The van der Waals surface area contributed by atoms with Gasteiger partial charge in [0.1, 0.15) is 23.0 Å². The van der Waals surface area contributed by atoms with E-state index < -0.39 is 23.9 Å². The Labute approximate surface area is 263 Å². The highest BCUT2D eigenvalue weighted by molar-refractivity contribution is 6.13. The molecule has 0 saturated heterocycles. The number of carbonyl (C=O) groups is 2. The Morgan fingerprint density at radius 3 is 2.43 bits per heavy atom. The fourth-order valence-corrected chi connectivity index (χ4v) is 6.18. The van der Waals surface area contributed by atoms with Gasteiger partial charge in [0, 0.05) is 71.7 Å². The van der Waals surface area contributed by atoms with Gasteiger partial charge in [0.25, 0.3) is 5.91 Å². The largest absolute Gasteiger partial charge is 0.455 e. The van der Waals surface area contributed by atoms with Crippen LogP contribution in [0.4, 0.5) is 18.9 Å². The zero-order chi connectivity index (χ0) is 32.4. The van der Waals surface area contributed by atoms with Crippen molar-refractivity contribution in [1.29, 1.82) is 0 Å². The Morgan fingerprint density at radius 2 is 1.76 bits per heavy atom. The van der Waals surface area contributed by atoms with Crippen molar-refractivity contribution in [2.75, 3.05) is 18.9 Å². The minimum atomic E-state index is -2.90. The van der Waals surface area contributed by atoms with E-state index in [-0.39, 0.29) is 31.0 Å². The molecule has 0 unspecified atom stereocenters. The predicted molar refractivity (Wildman–Crippen MR) is 167 cm³/mol. The van der Waals surface area contributed by atoms with Crippen molar-refractivity contribution in [2.45, 2.75) is 44.3 Å². The molecule has 6 rings (SSSR count). The monoisotopic (exact) mass is 628 g/mol. The summed E-state index contributed by atoms with van der Waals surface area (Å²) in [5, 5.41) is 6.56. The summed E-state index contributed by atoms with van der Waals surface area (Å²) in [6.07, 6.45) is 2.87. The molecule has 46 heavy (non-hydrogen) atoms. The number of halogens is 3. The smallest absolute Gasteiger partial charge is 0.345 e. The van der Waals surface area contributed by atoms with E-state index in [1.807, 2.05) is 19.1 Å². The second kappa shape index (κ2) is 12.8. The van der Waals surface area contributed by atoms with Crippen LogP contribution in [-0.2, 0) is 10.2 Å². The van der Waals surface area contributed by atoms with Gasteiger partial charge < -0.3 is 19.8 Å². The topological polar surface area (TPSA) is 106 Å². The number of ketones is 1. The maximum atomic E-state index is 13.8. The molecule has 0 spiro atoms. The predicted octanol–water partition coefficient (Wildman–Crippen LogP) is 7.40. The molecule has 1 fully saturated rings. The quantitative estimate of drug-likeness (QED) is 0.147. The van der Waals surface area contributed by atoms with Crippen LogP contribution in [-0.4, -0.2) is 48.0 Å². The molecule has 0 aliphatic heterocycles. The third-order valence-electron chi connectivity index (χ3n) is 8.32. The number of carbonyl (C=O) groups excluding carboxylic acids is 2. The molecule has 0 radical (unpaired) electrons. The number of Topliss-reactive ketones (excluding diaryl/α,β-unsaturated/α-hetero) is 1. The molecule has 236 valence electrons. The normalized spacial score (nSPS) is 17.6. The molecule has 8 nitrogen and oxygen atoms in total. The number of fused-ring (bicyclic) bond motifs is 1. The number of furan rings is 1. The van der Waals surface area contributed by atoms with Crippen LogP contribution < -0.4 is 10.6 Å². The first-order chi connectivity index (χ1) is 22.2. The van der Waals surface area contributed by atoms with E-state index in [0.29, 0.717) is 51.4 Å². The first-order valence-corrected chi connectivity index (χ1v) is 14.9. The van der Waals surface area contributed by atoms with E-state index in [0.717, 1.165) is 11.3 Å². The third-order valence-corrected chi connectivity index (χ3v) is 8.32. The van der Waals surface area contributed by atoms with Crippen molar-refractivity contribution in [3.8, 4) is 22.5 Å². The Morgan fingerprint density at radius 1 is 1.02 bits per heavy atom. The van der Waals surface area contributed by atoms with Crippen LogP contribution in [0.15, 0.2) is 83.5 Å². The summed E-state index contributed by atoms with van der Waals surface area (Å²) in [5.74, 6) is -0.238. The summed E-state index contributed by atoms with van der Waals surface area (Å²) in [6.45, 7) is -0.363. The van der Waals surface area contributed by atoms with Gasteiger partial charge in [-0.05, 0) is 67.8 Å². The lowest BCUT2D eigenvalue weighted by molar-refractivity contribution is -0.196. The molecule has 1 aliphatic rings. The maximum absolute atomic E-state index is 13.8. The standard InChI is InChI=1S/C35H31F3N4O4/c1-3-40-27-16-29-26(30(32(44)39-2)31(46-29)20-8-10-23(36)11-9-20)15-25(27)21-6-4-7-22(14-21)28(43)19-35(33-41-12-5-13-42-33)17-24(18-35)45-34(37)38/h4-16,24,34,40H,3,17-19H2,1-2H3,(H,39,44). The minimum absolute atomic E-state index is 0.0201. The van der Waals surface area contributed by atoms with Gasteiger partial charge in [-0.15, -0.1) is 0 Å². The molecule has 1 aliphatic carbocycles. The van der Waals surface area contributed by atoms with Gasteiger partial charge in [-0.2, -0.15) is 8.78 Å². The van der Waals surface area contributed by atoms with Crippen LogP contribution in [0.3, 0.4) is 0 Å². The number of anilines is 1. The molecule has 1 amide bonds. The number of hydrogen-bond acceptors (Lipinski definition) is 7. The molecule has 2 heterocycles. The zero-order valence-corrected chi connectivity index (χ0v) is 25.1. The number of hydrogen-bond donors (Lipinski definition) is 2. The Balaban J connectivity index is 1.39. The number of nitrogens with zero attached hydrogens (tertiary/aromatic N) is 2. The van der Waals surface area contributed by atoms with Crippen LogP contribution >= 0.6 is 0 Å². The molecule has 11 heteroatoms. The molecule has 2 aromatic heterocycles. The summed E-state index contributed by atoms with van der Waals surface area (Å²) in [4.78, 5) is 35.6. The number of nitrogens with one attached hydrogen (secondary N) is 2. The summed E-state index contributed by atoms with van der Waals surface area (Å²) in [6, 6.07) is 18.1. The van der Waals surface area contributed by atoms with Gasteiger partial charge >= 0.3 is 6.61 Å². The minimum Gasteiger partial charge on any atom is -0.455 e. The number of aromatic nitrogens is 2. The van der Waals surface area contributed by atoms with E-state index in [1.54, 1.807) is 54.9 Å². The molecule has 2 N–H and O–H groups in total. The van der Waals surface area contributed by atoms with Crippen LogP contribution in [0.5, 0.6) is 0 Å². The highest BCUT2D eigenvalue weighted by Gasteiger charge is 2.50. The van der Waals surface area contributed by atoms with Crippen molar-refractivity contribution in [3.63, 3.8) is 0 Å². The van der Waals surface area contributed by atoms with E-state index in [1.165, 1.54) is 19.2 Å². The van der Waals surface area contributed by atoms with Crippen LogP contribution in [0.2, 0.25) is 0 Å². The summed E-state index contributed by atoms with van der Waals surface area (Å²) in [5.41, 5.74) is 3.09. The maximum Gasteiger partial charge on any atom is 0.345 e. The van der Waals surface area contributed by atoms with E-state index in [2.05, 4.69) is 20.6 Å². The number of benzene rings is 3. The summed E-state index contributed by atoms with van der Waals surface area (Å²) >= 11 is 0. The van der Waals surface area contributed by atoms with Gasteiger partial charge in [0.2, 0.25) is 0 Å². The molecule has 1 saturated carbocycles. The average Bonchev–Trinajstić information content (AvgIpc) is 3.42. The van der Waals surface area contributed by atoms with E-state index >= 15 is 0 Å². The molecular weight excluding hydrogens is 597 g/mol. The SMILES string of the molecule is CCNc1cc2oc(-c3ccc(F)cc3)c(C(=O)NC)c2cc1-c1cccc(C(=O)CC2(c3ncccn3)CC(OC(F)F)C2)c1. The van der Waals surface area contributed by atoms with Crippen molar-refractivity contribution in [1.82, 2.24) is 15.3 Å². The highest BCUT2D eigenvalue weighted by Crippen LogP contribution is 2.48. The molecule has 5 aromatic rings. The highest BCUT2D eigenvalue weighted by atomic mass is 19.3. The van der Waals surface area contributed by atoms with Crippen molar-refractivity contribution in [3.05, 3.63) is 102 Å². The Kier molecular flexibility index (Phi) is 8.59. The second-order valence-electron chi connectivity index (χ2n) is 11.3. The van der Waals surface area contributed by atoms with E-state index in [9.17, 15) is 22.8 Å². The van der Waals surface area contributed by atoms with E-state index in [4.69, 9.17) is 9.15 Å². The molecule has 0 bridgehead atoms. The van der Waals surface area contributed by atoms with Crippen molar-refractivity contribution < 1.29 is 31.9 Å². The van der Waals surface area contributed by atoms with Crippen LogP contribution in [0.25, 0.3) is 33.4 Å². The molecular formula is C35H31F3N4O4. The number of amides is 1. The van der Waals surface area contributed by atoms with Gasteiger partial charge in [-0.25, -0.2) is 14.4 Å². The lowest BCUT2D eigenvalue weighted by Gasteiger charge is -2.45. The van der Waals surface area contributed by atoms with Gasteiger partial charge in [-0.3, -0.25) is 9.59 Å². The Hall–Kier alpha value is -5.03. The summed E-state index contributed by atoms with van der Waals surface area (Å²) in [7, 11) is 1.52. The lowest BCUT2D eigenvalue weighted by Crippen LogP contribution is -2.49. The van der Waals surface area contributed by atoms with Gasteiger partial charge in [0.05, 0.1) is 11.7 Å². The average molecular weight is 629 g/mol. The van der Waals surface area contributed by atoms with Crippen LogP contribution in [0, 0.1) is 5.82 Å².